The Morgan fingerprint density at radius 2 is 2.20 bits per heavy atom. The number of aromatic nitrogens is 1. The second-order valence-corrected chi connectivity index (χ2v) is 3.06. The Hall–Kier alpha value is -2.35. The minimum absolute atomic E-state index is 0.0199. The van der Waals surface area contributed by atoms with E-state index in [-0.39, 0.29) is 16.6 Å². The topological polar surface area (TPSA) is 82.7 Å². The van der Waals surface area contributed by atoms with Crippen molar-refractivity contribution in [1.82, 2.24) is 4.98 Å². The van der Waals surface area contributed by atoms with Gasteiger partial charge in [-0.3, -0.25) is 4.79 Å². The van der Waals surface area contributed by atoms with E-state index in [1.54, 1.807) is 6.07 Å². The third kappa shape index (κ3) is 1.32. The van der Waals surface area contributed by atoms with Gasteiger partial charge in [0.25, 0.3) is 0 Å². The van der Waals surface area contributed by atoms with Crippen molar-refractivity contribution in [3.8, 4) is 6.07 Å². The normalized spacial score (nSPS) is 10.1. The van der Waals surface area contributed by atoms with Gasteiger partial charge < -0.3 is 10.7 Å². The number of rotatable bonds is 0. The molecular formula is C10H6FN3O. The molecule has 0 aliphatic rings. The molecule has 5 heteroatoms. The van der Waals surface area contributed by atoms with Gasteiger partial charge in [-0.25, -0.2) is 4.39 Å². The van der Waals surface area contributed by atoms with Gasteiger partial charge in [0.2, 0.25) is 5.43 Å². The van der Waals surface area contributed by atoms with Gasteiger partial charge in [0.15, 0.2) is 0 Å². The molecule has 4 nitrogen and oxygen atoms in total. The number of anilines is 1. The van der Waals surface area contributed by atoms with Gasteiger partial charge in [0.1, 0.15) is 17.4 Å². The second-order valence-electron chi connectivity index (χ2n) is 3.06. The molecule has 1 aromatic carbocycles. The molecule has 1 aromatic heterocycles. The number of hydrogen-bond donors (Lipinski definition) is 2. The molecule has 0 radical (unpaired) electrons. The number of nitrogens with two attached hydrogens (primary N) is 1. The smallest absolute Gasteiger partial charge is 0.207 e. The van der Waals surface area contributed by atoms with Crippen molar-refractivity contribution in [2.45, 2.75) is 0 Å². The summed E-state index contributed by atoms with van der Waals surface area (Å²) >= 11 is 0. The van der Waals surface area contributed by atoms with E-state index in [1.165, 1.54) is 12.3 Å². The van der Waals surface area contributed by atoms with Gasteiger partial charge in [0, 0.05) is 17.6 Å². The first-order chi connectivity index (χ1) is 7.13. The minimum atomic E-state index is -0.595. The molecule has 0 spiro atoms. The lowest BCUT2D eigenvalue weighted by molar-refractivity contribution is 0.634. The van der Waals surface area contributed by atoms with Crippen molar-refractivity contribution < 1.29 is 4.39 Å². The van der Waals surface area contributed by atoms with Crippen molar-refractivity contribution >= 4 is 16.6 Å². The van der Waals surface area contributed by atoms with Crippen LogP contribution < -0.4 is 11.2 Å². The maximum atomic E-state index is 13.1. The van der Waals surface area contributed by atoms with Gasteiger partial charge in [-0.1, -0.05) is 0 Å². The molecule has 2 rings (SSSR count). The molecule has 0 amide bonds. The Labute approximate surface area is 83.8 Å². The number of nitriles is 1. The Kier molecular flexibility index (Phi) is 1.90. The van der Waals surface area contributed by atoms with E-state index in [1.807, 2.05) is 0 Å². The van der Waals surface area contributed by atoms with Crippen molar-refractivity contribution in [3.05, 3.63) is 39.9 Å². The van der Waals surface area contributed by atoms with E-state index >= 15 is 0 Å². The first kappa shape index (κ1) is 9.21. The fourth-order valence-corrected chi connectivity index (χ4v) is 1.34. The zero-order valence-corrected chi connectivity index (χ0v) is 7.54. The van der Waals surface area contributed by atoms with Crippen LogP contribution in [-0.4, -0.2) is 4.98 Å². The number of fused-ring (bicyclic) bond motifs is 1. The van der Waals surface area contributed by atoms with Crippen LogP contribution in [0.5, 0.6) is 0 Å². The van der Waals surface area contributed by atoms with Gasteiger partial charge in [-0.05, 0) is 6.07 Å². The predicted molar refractivity (Wildman–Crippen MR) is 53.7 cm³/mol. The number of aromatic amines is 1. The fraction of sp³-hybridized carbons (Fsp3) is 0. The summed E-state index contributed by atoms with van der Waals surface area (Å²) in [5.41, 5.74) is 5.09. The third-order valence-corrected chi connectivity index (χ3v) is 2.12. The first-order valence-electron chi connectivity index (χ1n) is 4.14. The van der Waals surface area contributed by atoms with E-state index in [0.717, 1.165) is 6.07 Å². The summed E-state index contributed by atoms with van der Waals surface area (Å²) < 4.78 is 13.1. The largest absolute Gasteiger partial charge is 0.396 e. The Balaban J connectivity index is 2.96. The molecule has 2 aromatic rings. The van der Waals surface area contributed by atoms with Gasteiger partial charge in [-0.15, -0.1) is 0 Å². The number of H-pyrrole nitrogens is 1. The molecule has 3 N–H and O–H groups in total. The number of nitrogens with zero attached hydrogens (tertiary/aromatic N) is 1. The summed E-state index contributed by atoms with van der Waals surface area (Å²) in [6.45, 7) is 0. The molecule has 1 heterocycles. The lowest BCUT2D eigenvalue weighted by atomic mass is 10.1. The minimum Gasteiger partial charge on any atom is -0.396 e. The van der Waals surface area contributed by atoms with Crippen LogP contribution in [0.15, 0.2) is 23.1 Å². The molecule has 0 fully saturated rings. The van der Waals surface area contributed by atoms with Crippen LogP contribution in [0.1, 0.15) is 5.56 Å². The fourth-order valence-electron chi connectivity index (χ4n) is 1.34. The van der Waals surface area contributed by atoms with Crippen molar-refractivity contribution in [2.24, 2.45) is 0 Å². The molecule has 0 bridgehead atoms. The summed E-state index contributed by atoms with van der Waals surface area (Å²) in [6, 6.07) is 4.10. The molecule has 0 saturated carbocycles. The highest BCUT2D eigenvalue weighted by molar-refractivity contribution is 5.82. The highest BCUT2D eigenvalue weighted by Gasteiger charge is 2.07. The first-order valence-corrected chi connectivity index (χ1v) is 4.14. The molecule has 0 aliphatic carbocycles. The highest BCUT2D eigenvalue weighted by Crippen LogP contribution is 2.16. The summed E-state index contributed by atoms with van der Waals surface area (Å²) in [5, 5.41) is 8.84. The van der Waals surface area contributed by atoms with Crippen LogP contribution in [0.4, 0.5) is 10.1 Å². The van der Waals surface area contributed by atoms with Crippen LogP contribution in [0.3, 0.4) is 0 Å². The zero-order chi connectivity index (χ0) is 11.0. The molecule has 74 valence electrons. The number of hydrogen-bond acceptors (Lipinski definition) is 3. The standard InChI is InChI=1S/C10H6FN3O/c11-7-2-9-6(1-8(7)13)10(15)5(3-12)4-14-9/h1-2,4H,13H2,(H,14,15). The monoisotopic (exact) mass is 203 g/mol. The number of pyridine rings is 1. The number of nitrogen functional groups attached to an aromatic ring is 1. The molecule has 0 atom stereocenters. The maximum absolute atomic E-state index is 13.1. The number of halogens is 1. The lowest BCUT2D eigenvalue weighted by Crippen LogP contribution is -2.08. The lowest BCUT2D eigenvalue weighted by Gasteiger charge is -2.00. The molecule has 0 saturated heterocycles. The van der Waals surface area contributed by atoms with Crippen molar-refractivity contribution in [3.63, 3.8) is 0 Å². The van der Waals surface area contributed by atoms with Crippen LogP contribution in [0, 0.1) is 17.1 Å². The van der Waals surface area contributed by atoms with Crippen LogP contribution >= 0.6 is 0 Å². The summed E-state index contributed by atoms with van der Waals surface area (Å²) in [7, 11) is 0. The Morgan fingerprint density at radius 3 is 2.87 bits per heavy atom. The van der Waals surface area contributed by atoms with E-state index in [9.17, 15) is 9.18 Å². The van der Waals surface area contributed by atoms with E-state index in [2.05, 4.69) is 4.98 Å². The van der Waals surface area contributed by atoms with Crippen LogP contribution in [-0.2, 0) is 0 Å². The number of nitrogens with one attached hydrogen (secondary N) is 1. The summed E-state index contributed by atoms with van der Waals surface area (Å²) in [4.78, 5) is 14.3. The Morgan fingerprint density at radius 1 is 1.47 bits per heavy atom. The van der Waals surface area contributed by atoms with Crippen LogP contribution in [0.2, 0.25) is 0 Å². The number of benzene rings is 1. The average Bonchev–Trinajstić information content (AvgIpc) is 2.22. The maximum Gasteiger partial charge on any atom is 0.207 e. The van der Waals surface area contributed by atoms with Crippen molar-refractivity contribution in [2.75, 3.05) is 5.73 Å². The Bertz CT molecular complexity index is 639. The predicted octanol–water partition coefficient (Wildman–Crippen LogP) is 1.12. The van der Waals surface area contributed by atoms with Gasteiger partial charge in [0.05, 0.1) is 11.2 Å². The van der Waals surface area contributed by atoms with Gasteiger partial charge in [-0.2, -0.15) is 5.26 Å². The highest BCUT2D eigenvalue weighted by atomic mass is 19.1. The van der Waals surface area contributed by atoms with Crippen LogP contribution in [0.25, 0.3) is 10.9 Å². The second kappa shape index (κ2) is 3.10. The van der Waals surface area contributed by atoms with Gasteiger partial charge >= 0.3 is 0 Å². The van der Waals surface area contributed by atoms with Crippen molar-refractivity contribution in [1.29, 1.82) is 5.26 Å². The quantitative estimate of drug-likeness (QED) is 0.629. The molecular weight excluding hydrogens is 197 g/mol. The molecule has 0 unspecified atom stereocenters. The third-order valence-electron chi connectivity index (χ3n) is 2.12. The average molecular weight is 203 g/mol. The molecule has 15 heavy (non-hydrogen) atoms. The zero-order valence-electron chi connectivity index (χ0n) is 7.54. The SMILES string of the molecule is N#Cc1c[nH]c2cc(F)c(N)cc2c1=O. The molecule has 0 aliphatic heterocycles. The van der Waals surface area contributed by atoms with E-state index < -0.39 is 11.2 Å². The summed E-state index contributed by atoms with van der Waals surface area (Å²) in [5.74, 6) is -0.595. The summed E-state index contributed by atoms with van der Waals surface area (Å²) in [6.07, 6.45) is 1.25. The van der Waals surface area contributed by atoms with E-state index in [4.69, 9.17) is 11.0 Å². The van der Waals surface area contributed by atoms with E-state index in [0.29, 0.717) is 5.52 Å².